The van der Waals surface area contributed by atoms with Gasteiger partial charge in [-0.3, -0.25) is 14.9 Å². The molecule has 1 fully saturated rings. The normalized spacial score (nSPS) is 18.6. The zero-order valence-corrected chi connectivity index (χ0v) is 13.9. The van der Waals surface area contributed by atoms with E-state index in [1.54, 1.807) is 36.4 Å². The quantitative estimate of drug-likeness (QED) is 0.664. The van der Waals surface area contributed by atoms with Crippen molar-refractivity contribution in [1.82, 2.24) is 5.32 Å². The first-order valence-electron chi connectivity index (χ1n) is 7.06. The maximum absolute atomic E-state index is 12.1. The third kappa shape index (κ3) is 3.93. The Labute approximate surface area is 147 Å². The van der Waals surface area contributed by atoms with Crippen molar-refractivity contribution in [2.24, 2.45) is 4.99 Å². The molecule has 6 nitrogen and oxygen atoms in total. The molecule has 0 aliphatic carbocycles. The number of amidine groups is 1. The van der Waals surface area contributed by atoms with Gasteiger partial charge in [0.25, 0.3) is 5.69 Å². The molecule has 8 heteroatoms. The second kappa shape index (κ2) is 7.02. The maximum Gasteiger partial charge on any atom is 0.269 e. The van der Waals surface area contributed by atoms with E-state index in [1.165, 1.54) is 23.9 Å². The number of halogens is 1. The summed E-state index contributed by atoms with van der Waals surface area (Å²) < 4.78 is 0. The number of nitrogens with zero attached hydrogens (tertiary/aromatic N) is 2. The number of nitro groups is 1. The molecule has 3 rings (SSSR count). The van der Waals surface area contributed by atoms with Crippen molar-refractivity contribution in [3.8, 4) is 0 Å². The Hall–Kier alpha value is -2.38. The Morgan fingerprint density at radius 2 is 1.83 bits per heavy atom. The van der Waals surface area contributed by atoms with Crippen molar-refractivity contribution >= 4 is 45.8 Å². The van der Waals surface area contributed by atoms with E-state index in [0.717, 1.165) is 5.56 Å². The average Bonchev–Trinajstić information content (AvgIpc) is 2.89. The Balaban J connectivity index is 1.68. The smallest absolute Gasteiger partial charge is 0.269 e. The van der Waals surface area contributed by atoms with E-state index in [9.17, 15) is 14.9 Å². The van der Waals surface area contributed by atoms with E-state index in [4.69, 9.17) is 11.6 Å². The number of nitrogens with one attached hydrogen (secondary N) is 1. The van der Waals surface area contributed by atoms with E-state index in [2.05, 4.69) is 10.3 Å². The van der Waals surface area contributed by atoms with Crippen molar-refractivity contribution in [3.05, 3.63) is 69.2 Å². The number of nitro benzene ring substituents is 1. The molecule has 1 aliphatic heterocycles. The summed E-state index contributed by atoms with van der Waals surface area (Å²) in [7, 11) is 0. The highest BCUT2D eigenvalue weighted by Gasteiger charge is 2.30. The van der Waals surface area contributed by atoms with Crippen LogP contribution in [-0.4, -0.2) is 21.2 Å². The summed E-state index contributed by atoms with van der Waals surface area (Å²) in [5, 5.41) is 14.3. The molecule has 0 spiro atoms. The van der Waals surface area contributed by atoms with Crippen molar-refractivity contribution in [2.75, 3.05) is 0 Å². The number of benzene rings is 2. The van der Waals surface area contributed by atoms with Crippen LogP contribution < -0.4 is 5.32 Å². The molecule has 1 amide bonds. The molecule has 0 aromatic heterocycles. The predicted octanol–water partition coefficient (Wildman–Crippen LogP) is 3.71. The number of thioether (sulfide) groups is 1. The van der Waals surface area contributed by atoms with Gasteiger partial charge in [-0.15, -0.1) is 0 Å². The van der Waals surface area contributed by atoms with Crippen LogP contribution in [0.5, 0.6) is 0 Å². The topological polar surface area (TPSA) is 84.6 Å². The van der Waals surface area contributed by atoms with Gasteiger partial charge in [0.1, 0.15) is 0 Å². The number of carbonyl (C=O) groups is 1. The van der Waals surface area contributed by atoms with Gasteiger partial charge >= 0.3 is 0 Å². The second-order valence-electron chi connectivity index (χ2n) is 5.12. The molecule has 1 saturated heterocycles. The Bertz CT molecular complexity index is 806. The fourth-order valence-electron chi connectivity index (χ4n) is 2.19. The molecule has 122 valence electrons. The van der Waals surface area contributed by atoms with Gasteiger partial charge in [0, 0.05) is 17.2 Å². The van der Waals surface area contributed by atoms with E-state index in [0.29, 0.717) is 22.3 Å². The number of amides is 1. The zero-order valence-electron chi connectivity index (χ0n) is 12.3. The molecule has 2 aromatic rings. The molecule has 1 heterocycles. The largest absolute Gasteiger partial charge is 0.304 e. The fraction of sp³-hybridized carbons (Fsp3) is 0.125. The van der Waals surface area contributed by atoms with Crippen LogP contribution in [0.1, 0.15) is 5.56 Å². The first-order valence-corrected chi connectivity index (χ1v) is 8.32. The number of carbonyl (C=O) groups excluding carboxylic acids is 1. The van der Waals surface area contributed by atoms with Crippen molar-refractivity contribution in [3.63, 3.8) is 0 Å². The predicted molar refractivity (Wildman–Crippen MR) is 94.9 cm³/mol. The second-order valence-corrected chi connectivity index (χ2v) is 6.74. The standard InChI is InChI=1S/C16H12ClN3O3S/c17-11-3-5-12(6-4-11)18-16-19-15(21)14(24-16)9-10-1-7-13(8-2-10)20(22)23/h1-8,14H,9H2,(H,18,19,21)/t14-/m0/s1. The zero-order chi connectivity index (χ0) is 17.1. The van der Waals surface area contributed by atoms with Gasteiger partial charge in [0.2, 0.25) is 5.91 Å². The first-order chi connectivity index (χ1) is 11.5. The fourth-order valence-corrected chi connectivity index (χ4v) is 3.35. The molecule has 0 bridgehead atoms. The van der Waals surface area contributed by atoms with Crippen LogP contribution >= 0.6 is 23.4 Å². The minimum atomic E-state index is -0.447. The van der Waals surface area contributed by atoms with Gasteiger partial charge in [0.05, 0.1) is 15.9 Å². The highest BCUT2D eigenvalue weighted by molar-refractivity contribution is 8.15. The highest BCUT2D eigenvalue weighted by atomic mass is 35.5. The SMILES string of the molecule is O=C1NC(=Nc2ccc(Cl)cc2)S[C@H]1Cc1ccc([N+](=O)[O-])cc1. The summed E-state index contributed by atoms with van der Waals surface area (Å²) in [4.78, 5) is 26.7. The van der Waals surface area contributed by atoms with Crippen molar-refractivity contribution < 1.29 is 9.72 Å². The molecular formula is C16H12ClN3O3S. The van der Waals surface area contributed by atoms with Crippen molar-refractivity contribution in [2.45, 2.75) is 11.7 Å². The number of rotatable bonds is 4. The van der Waals surface area contributed by atoms with Crippen LogP contribution in [0.25, 0.3) is 0 Å². The lowest BCUT2D eigenvalue weighted by molar-refractivity contribution is -0.384. The number of non-ortho nitro benzene ring substituents is 1. The van der Waals surface area contributed by atoms with Gasteiger partial charge in [-0.05, 0) is 36.2 Å². The van der Waals surface area contributed by atoms with Crippen LogP contribution in [0.4, 0.5) is 11.4 Å². The molecule has 1 atom stereocenters. The average molecular weight is 362 g/mol. The summed E-state index contributed by atoms with van der Waals surface area (Å²) >= 11 is 7.18. The van der Waals surface area contributed by atoms with Gasteiger partial charge in [-0.1, -0.05) is 35.5 Å². The molecule has 2 aromatic carbocycles. The highest BCUT2D eigenvalue weighted by Crippen LogP contribution is 2.26. The van der Waals surface area contributed by atoms with E-state index in [-0.39, 0.29) is 16.8 Å². The van der Waals surface area contributed by atoms with Gasteiger partial charge in [-0.25, -0.2) is 4.99 Å². The maximum atomic E-state index is 12.1. The minimum Gasteiger partial charge on any atom is -0.304 e. The third-order valence-electron chi connectivity index (χ3n) is 3.40. The van der Waals surface area contributed by atoms with Gasteiger partial charge in [0.15, 0.2) is 5.17 Å². The van der Waals surface area contributed by atoms with Crippen LogP contribution in [0.15, 0.2) is 53.5 Å². The lowest BCUT2D eigenvalue weighted by Gasteiger charge is -2.04. The molecule has 24 heavy (non-hydrogen) atoms. The molecule has 0 saturated carbocycles. The summed E-state index contributed by atoms with van der Waals surface area (Å²) in [5.74, 6) is -0.119. The lowest BCUT2D eigenvalue weighted by Crippen LogP contribution is -2.25. The Kier molecular flexibility index (Phi) is 4.82. The molecular weight excluding hydrogens is 350 g/mol. The van der Waals surface area contributed by atoms with Gasteiger partial charge < -0.3 is 5.32 Å². The monoisotopic (exact) mass is 361 g/mol. The summed E-state index contributed by atoms with van der Waals surface area (Å²) in [6.07, 6.45) is 0.480. The van der Waals surface area contributed by atoms with E-state index < -0.39 is 4.92 Å². The third-order valence-corrected chi connectivity index (χ3v) is 4.74. The molecule has 1 N–H and O–H groups in total. The molecule has 0 unspecified atom stereocenters. The van der Waals surface area contributed by atoms with Crippen LogP contribution in [0.3, 0.4) is 0 Å². The van der Waals surface area contributed by atoms with Crippen LogP contribution in [-0.2, 0) is 11.2 Å². The van der Waals surface area contributed by atoms with E-state index >= 15 is 0 Å². The molecule has 0 radical (unpaired) electrons. The van der Waals surface area contributed by atoms with Gasteiger partial charge in [-0.2, -0.15) is 0 Å². The van der Waals surface area contributed by atoms with E-state index in [1.807, 2.05) is 0 Å². The van der Waals surface area contributed by atoms with Crippen LogP contribution in [0.2, 0.25) is 5.02 Å². The minimum absolute atomic E-state index is 0.0345. The Morgan fingerprint density at radius 3 is 2.46 bits per heavy atom. The number of aliphatic imine (C=N–C) groups is 1. The lowest BCUT2D eigenvalue weighted by atomic mass is 10.1. The summed E-state index contributed by atoms with van der Waals surface area (Å²) in [6, 6.07) is 13.2. The number of hydrogen-bond donors (Lipinski definition) is 1. The van der Waals surface area contributed by atoms with Crippen LogP contribution in [0, 0.1) is 10.1 Å². The Morgan fingerprint density at radius 1 is 1.17 bits per heavy atom. The summed E-state index contributed by atoms with van der Waals surface area (Å²) in [5.41, 5.74) is 1.60. The molecule has 1 aliphatic rings. The summed E-state index contributed by atoms with van der Waals surface area (Å²) in [6.45, 7) is 0. The first kappa shape index (κ1) is 16.5. The van der Waals surface area contributed by atoms with Crippen molar-refractivity contribution in [1.29, 1.82) is 0 Å². The number of hydrogen-bond acceptors (Lipinski definition) is 5.